The van der Waals surface area contributed by atoms with E-state index in [2.05, 4.69) is 5.32 Å². The van der Waals surface area contributed by atoms with Gasteiger partial charge in [0.05, 0.1) is 15.5 Å². The average molecular weight is 397 g/mol. The van der Waals surface area contributed by atoms with Crippen molar-refractivity contribution in [1.82, 2.24) is 0 Å². The van der Waals surface area contributed by atoms with Gasteiger partial charge in [-0.1, -0.05) is 29.3 Å². The van der Waals surface area contributed by atoms with Crippen molar-refractivity contribution in [2.75, 3.05) is 5.32 Å². The van der Waals surface area contributed by atoms with Crippen molar-refractivity contribution >= 4 is 46.5 Å². The van der Waals surface area contributed by atoms with E-state index in [0.717, 1.165) is 12.1 Å². The number of non-ortho nitro benzene ring substituents is 1. The van der Waals surface area contributed by atoms with Gasteiger partial charge in [0.25, 0.3) is 11.6 Å². The van der Waals surface area contributed by atoms with Crippen molar-refractivity contribution < 1.29 is 19.2 Å². The van der Waals surface area contributed by atoms with Crippen LogP contribution in [0.1, 0.15) is 22.8 Å². The second kappa shape index (κ2) is 8.16. The monoisotopic (exact) mass is 396 g/mol. The van der Waals surface area contributed by atoms with Crippen LogP contribution in [0.3, 0.4) is 0 Å². The number of amides is 1. The maximum absolute atomic E-state index is 12.2. The molecule has 0 radical (unpaired) electrons. The van der Waals surface area contributed by atoms with Crippen LogP contribution in [0.15, 0.2) is 36.4 Å². The number of ether oxygens (including phenoxy) is 1. The van der Waals surface area contributed by atoms with Crippen LogP contribution in [0.5, 0.6) is 0 Å². The number of halogens is 2. The quantitative estimate of drug-likeness (QED) is 0.458. The fourth-order valence-corrected chi connectivity index (χ4v) is 2.46. The van der Waals surface area contributed by atoms with Gasteiger partial charge in [-0.05, 0) is 37.6 Å². The molecule has 0 bridgehead atoms. The number of anilines is 1. The molecule has 1 atom stereocenters. The van der Waals surface area contributed by atoms with Crippen molar-refractivity contribution in [3.05, 3.63) is 67.7 Å². The number of esters is 1. The molecule has 2 rings (SSSR count). The number of hydrogen-bond acceptors (Lipinski definition) is 5. The number of nitrogens with zero attached hydrogens (tertiary/aromatic N) is 1. The summed E-state index contributed by atoms with van der Waals surface area (Å²) in [5.41, 5.74) is 0.850. The number of benzene rings is 2. The highest BCUT2D eigenvalue weighted by molar-refractivity contribution is 6.33. The van der Waals surface area contributed by atoms with Gasteiger partial charge < -0.3 is 10.1 Å². The minimum absolute atomic E-state index is 0.0733. The maximum Gasteiger partial charge on any atom is 0.340 e. The predicted octanol–water partition coefficient (Wildman–Crippen LogP) is 4.39. The van der Waals surface area contributed by atoms with Crippen LogP contribution in [0.2, 0.25) is 10.0 Å². The van der Waals surface area contributed by atoms with Crippen LogP contribution in [0.25, 0.3) is 0 Å². The molecular weight excluding hydrogens is 383 g/mol. The molecule has 2 aromatic carbocycles. The molecule has 0 saturated carbocycles. The minimum atomic E-state index is -1.12. The Balaban J connectivity index is 2.08. The average Bonchev–Trinajstić information content (AvgIpc) is 2.58. The summed E-state index contributed by atoms with van der Waals surface area (Å²) in [6.45, 7) is 3.14. The first-order chi connectivity index (χ1) is 12.2. The lowest BCUT2D eigenvalue weighted by atomic mass is 10.2. The van der Waals surface area contributed by atoms with E-state index < -0.39 is 22.9 Å². The zero-order valence-electron chi connectivity index (χ0n) is 13.8. The van der Waals surface area contributed by atoms with Gasteiger partial charge in [0, 0.05) is 22.8 Å². The zero-order chi connectivity index (χ0) is 19.4. The number of carbonyl (C=O) groups is 2. The van der Waals surface area contributed by atoms with E-state index >= 15 is 0 Å². The number of nitro groups is 1. The van der Waals surface area contributed by atoms with E-state index in [1.807, 2.05) is 0 Å². The fourth-order valence-electron chi connectivity index (χ4n) is 2.04. The fraction of sp³-hybridized carbons (Fsp3) is 0.176. The lowest BCUT2D eigenvalue weighted by Gasteiger charge is -2.15. The summed E-state index contributed by atoms with van der Waals surface area (Å²) in [6, 6.07) is 8.38. The van der Waals surface area contributed by atoms with Gasteiger partial charge in [-0.2, -0.15) is 0 Å². The Hall–Kier alpha value is -2.64. The third-order valence-electron chi connectivity index (χ3n) is 3.56. The Morgan fingerprint density at radius 1 is 1.19 bits per heavy atom. The van der Waals surface area contributed by atoms with Crippen LogP contribution in [0.4, 0.5) is 11.4 Å². The van der Waals surface area contributed by atoms with Crippen LogP contribution < -0.4 is 5.32 Å². The van der Waals surface area contributed by atoms with Crippen molar-refractivity contribution in [2.45, 2.75) is 20.0 Å². The molecule has 0 aromatic heterocycles. The van der Waals surface area contributed by atoms with Gasteiger partial charge >= 0.3 is 5.97 Å². The molecule has 1 N–H and O–H groups in total. The molecule has 0 aliphatic rings. The summed E-state index contributed by atoms with van der Waals surface area (Å²) in [4.78, 5) is 34.4. The van der Waals surface area contributed by atoms with Crippen molar-refractivity contribution in [2.24, 2.45) is 0 Å². The van der Waals surface area contributed by atoms with E-state index in [9.17, 15) is 19.7 Å². The highest BCUT2D eigenvalue weighted by atomic mass is 35.5. The molecule has 1 unspecified atom stereocenters. The molecule has 136 valence electrons. The maximum atomic E-state index is 12.2. The van der Waals surface area contributed by atoms with E-state index in [1.165, 1.54) is 13.0 Å². The predicted molar refractivity (Wildman–Crippen MR) is 97.8 cm³/mol. The normalized spacial score (nSPS) is 11.5. The van der Waals surface area contributed by atoms with Gasteiger partial charge in [-0.15, -0.1) is 0 Å². The molecular formula is C17H14Cl2N2O5. The van der Waals surface area contributed by atoms with Gasteiger partial charge in [-0.3, -0.25) is 14.9 Å². The van der Waals surface area contributed by atoms with Gasteiger partial charge in [-0.25, -0.2) is 4.79 Å². The zero-order valence-corrected chi connectivity index (χ0v) is 15.3. The highest BCUT2D eigenvalue weighted by Gasteiger charge is 2.22. The third-order valence-corrected chi connectivity index (χ3v) is 4.28. The molecule has 0 fully saturated rings. The summed E-state index contributed by atoms with van der Waals surface area (Å²) in [7, 11) is 0. The molecule has 0 spiro atoms. The first-order valence-corrected chi connectivity index (χ1v) is 8.17. The van der Waals surface area contributed by atoms with E-state index in [-0.39, 0.29) is 16.3 Å². The standard InChI is InChI=1S/C17H14Cl2N2O5/c1-9-13(18)4-3-5-15(9)20-16(22)10(2)26-17(23)12-7-6-11(21(24)25)8-14(12)19/h3-8,10H,1-2H3,(H,20,22). The van der Waals surface area contributed by atoms with E-state index in [1.54, 1.807) is 25.1 Å². The lowest BCUT2D eigenvalue weighted by Crippen LogP contribution is -2.30. The van der Waals surface area contributed by atoms with Crippen LogP contribution in [-0.2, 0) is 9.53 Å². The first kappa shape index (κ1) is 19.7. The van der Waals surface area contributed by atoms with Gasteiger partial charge in [0.15, 0.2) is 6.10 Å². The highest BCUT2D eigenvalue weighted by Crippen LogP contribution is 2.25. The van der Waals surface area contributed by atoms with Crippen LogP contribution in [-0.4, -0.2) is 22.9 Å². The molecule has 0 aliphatic heterocycles. The Morgan fingerprint density at radius 2 is 1.88 bits per heavy atom. The largest absolute Gasteiger partial charge is 0.449 e. The van der Waals surface area contributed by atoms with Gasteiger partial charge in [0.2, 0.25) is 0 Å². The number of carbonyl (C=O) groups excluding carboxylic acids is 2. The SMILES string of the molecule is Cc1c(Cl)cccc1NC(=O)C(C)OC(=O)c1ccc([N+](=O)[O-])cc1Cl. The van der Waals surface area contributed by atoms with Gasteiger partial charge in [0.1, 0.15) is 0 Å². The van der Waals surface area contributed by atoms with Crippen molar-refractivity contribution in [3.8, 4) is 0 Å². The molecule has 1 amide bonds. The molecule has 0 heterocycles. The molecule has 9 heteroatoms. The summed E-state index contributed by atoms with van der Waals surface area (Å²) < 4.78 is 5.08. The number of hydrogen-bond donors (Lipinski definition) is 1. The molecule has 26 heavy (non-hydrogen) atoms. The first-order valence-electron chi connectivity index (χ1n) is 7.41. The van der Waals surface area contributed by atoms with E-state index in [4.69, 9.17) is 27.9 Å². The topological polar surface area (TPSA) is 98.5 Å². The van der Waals surface area contributed by atoms with Crippen molar-refractivity contribution in [3.63, 3.8) is 0 Å². The smallest absolute Gasteiger partial charge is 0.340 e. The van der Waals surface area contributed by atoms with Crippen LogP contribution >= 0.6 is 23.2 Å². The Morgan fingerprint density at radius 3 is 2.50 bits per heavy atom. The Labute approximate surface area is 159 Å². The molecule has 0 saturated heterocycles. The Bertz CT molecular complexity index is 885. The van der Waals surface area contributed by atoms with Crippen molar-refractivity contribution in [1.29, 1.82) is 0 Å². The summed E-state index contributed by atoms with van der Waals surface area (Å²) in [6.07, 6.45) is -1.12. The molecule has 0 aliphatic carbocycles. The minimum Gasteiger partial charge on any atom is -0.449 e. The Kier molecular flexibility index (Phi) is 6.18. The second-order valence-corrected chi connectivity index (χ2v) is 6.18. The summed E-state index contributed by atoms with van der Waals surface area (Å²) in [5, 5.41) is 13.7. The molecule has 2 aromatic rings. The second-order valence-electron chi connectivity index (χ2n) is 5.37. The summed E-state index contributed by atoms with van der Waals surface area (Å²) >= 11 is 11.9. The number of nitro benzene ring substituents is 1. The lowest BCUT2D eigenvalue weighted by molar-refractivity contribution is -0.384. The summed E-state index contributed by atoms with van der Waals surface area (Å²) in [5.74, 6) is -1.42. The third kappa shape index (κ3) is 4.50. The number of rotatable bonds is 5. The number of nitrogens with one attached hydrogen (secondary N) is 1. The van der Waals surface area contributed by atoms with Crippen LogP contribution in [0, 0.1) is 17.0 Å². The molecule has 7 nitrogen and oxygen atoms in total. The van der Waals surface area contributed by atoms with E-state index in [0.29, 0.717) is 16.3 Å².